The van der Waals surface area contributed by atoms with E-state index in [-0.39, 0.29) is 29.6 Å². The molecule has 7 heteroatoms. The van der Waals surface area contributed by atoms with Crippen LogP contribution in [0.4, 0.5) is 4.39 Å². The van der Waals surface area contributed by atoms with Crippen LogP contribution in [0.1, 0.15) is 44.6 Å². The Bertz CT molecular complexity index is 801. The molecule has 6 nitrogen and oxygen atoms in total. The fraction of sp³-hybridized carbons (Fsp3) is 0.476. The monoisotopic (exact) mass is 388 g/mol. The molecule has 2 aromatic rings. The molecule has 0 bridgehead atoms. The maximum Gasteiger partial charge on any atom is 0.245 e. The molecular weight excluding hydrogens is 359 g/mol. The number of amides is 2. The number of rotatable bonds is 8. The summed E-state index contributed by atoms with van der Waals surface area (Å²) in [5.74, 6) is 0.270. The third-order valence-corrected chi connectivity index (χ3v) is 4.70. The summed E-state index contributed by atoms with van der Waals surface area (Å²) in [6.45, 7) is 5.43. The third kappa shape index (κ3) is 5.65. The number of carbonyl (C=O) groups is 2. The minimum absolute atomic E-state index is 0.168. The zero-order valence-electron chi connectivity index (χ0n) is 17.1. The van der Waals surface area contributed by atoms with Crippen LogP contribution in [0.15, 0.2) is 36.7 Å². The van der Waals surface area contributed by atoms with Crippen molar-refractivity contribution in [3.05, 3.63) is 53.9 Å². The molecule has 0 saturated carbocycles. The number of aryl methyl sites for hydroxylation is 1. The Morgan fingerprint density at radius 1 is 1.25 bits per heavy atom. The first-order valence-electron chi connectivity index (χ1n) is 9.44. The molecule has 0 spiro atoms. The average Bonchev–Trinajstić information content (AvgIpc) is 3.04. The Labute approximate surface area is 165 Å². The number of imidazole rings is 1. The quantitative estimate of drug-likeness (QED) is 0.756. The molecule has 0 aliphatic rings. The molecule has 0 saturated heterocycles. The lowest BCUT2D eigenvalue weighted by atomic mass is 9.99. The molecule has 2 rings (SSSR count). The first-order chi connectivity index (χ1) is 13.2. The number of hydrogen-bond acceptors (Lipinski definition) is 3. The smallest absolute Gasteiger partial charge is 0.245 e. The summed E-state index contributed by atoms with van der Waals surface area (Å²) in [7, 11) is 3.60. The van der Waals surface area contributed by atoms with Crippen molar-refractivity contribution in [3.63, 3.8) is 0 Å². The number of hydrogen-bond donors (Lipinski definition) is 1. The van der Waals surface area contributed by atoms with Gasteiger partial charge in [-0.3, -0.25) is 9.59 Å². The highest BCUT2D eigenvalue weighted by Crippen LogP contribution is 2.24. The molecule has 1 aromatic carbocycles. The van der Waals surface area contributed by atoms with E-state index in [1.165, 1.54) is 19.1 Å². The Morgan fingerprint density at radius 2 is 1.89 bits per heavy atom. The van der Waals surface area contributed by atoms with Gasteiger partial charge < -0.3 is 14.8 Å². The Morgan fingerprint density at radius 3 is 2.39 bits per heavy atom. The highest BCUT2D eigenvalue weighted by molar-refractivity contribution is 5.87. The summed E-state index contributed by atoms with van der Waals surface area (Å²) in [4.78, 5) is 30.9. The van der Waals surface area contributed by atoms with Gasteiger partial charge in [0.25, 0.3) is 0 Å². The molecule has 0 fully saturated rings. The molecule has 152 valence electrons. The zero-order valence-corrected chi connectivity index (χ0v) is 17.1. The maximum absolute atomic E-state index is 13.3. The van der Waals surface area contributed by atoms with Gasteiger partial charge in [0, 0.05) is 39.8 Å². The highest BCUT2D eigenvalue weighted by Gasteiger charge is 2.31. The number of likely N-dealkylation sites (N-methyl/N-ethyl adjacent to an activating group) is 1. The maximum atomic E-state index is 13.3. The summed E-state index contributed by atoms with van der Waals surface area (Å²) < 4.78 is 15.1. The average molecular weight is 388 g/mol. The van der Waals surface area contributed by atoms with E-state index in [4.69, 9.17) is 0 Å². The zero-order chi connectivity index (χ0) is 20.8. The normalized spacial score (nSPS) is 13.2. The second kappa shape index (κ2) is 9.48. The van der Waals surface area contributed by atoms with Crippen LogP contribution in [0, 0.1) is 11.7 Å². The van der Waals surface area contributed by atoms with Crippen LogP contribution in [0.25, 0.3) is 0 Å². The van der Waals surface area contributed by atoms with E-state index in [1.54, 1.807) is 30.3 Å². The molecule has 2 unspecified atom stereocenters. The van der Waals surface area contributed by atoms with E-state index in [0.717, 1.165) is 11.4 Å². The number of benzene rings is 1. The van der Waals surface area contributed by atoms with Gasteiger partial charge in [-0.2, -0.15) is 0 Å². The Kier molecular flexibility index (Phi) is 7.31. The van der Waals surface area contributed by atoms with Crippen molar-refractivity contribution in [1.29, 1.82) is 0 Å². The van der Waals surface area contributed by atoms with Crippen molar-refractivity contribution in [2.45, 2.75) is 45.7 Å². The summed E-state index contributed by atoms with van der Waals surface area (Å²) in [6.07, 6.45) is 4.55. The fourth-order valence-electron chi connectivity index (χ4n) is 3.28. The van der Waals surface area contributed by atoms with Gasteiger partial charge in [0.1, 0.15) is 17.7 Å². The van der Waals surface area contributed by atoms with Gasteiger partial charge >= 0.3 is 0 Å². The minimum atomic E-state index is -0.599. The number of halogens is 1. The standard InChI is InChI=1S/C21H29FN4O2/c1-14(2)12-18(24-15(3)27)21(28)26(5)19(20-23-10-11-25(20)4)13-16-6-8-17(22)9-7-16/h6-11,14,18-19H,12-13H2,1-5H3,(H,24,27). The van der Waals surface area contributed by atoms with Crippen LogP contribution in [-0.2, 0) is 23.1 Å². The van der Waals surface area contributed by atoms with Crippen LogP contribution in [0.3, 0.4) is 0 Å². The van der Waals surface area contributed by atoms with Crippen molar-refractivity contribution in [1.82, 2.24) is 19.8 Å². The topological polar surface area (TPSA) is 67.2 Å². The number of nitrogens with one attached hydrogen (secondary N) is 1. The molecular formula is C21H29FN4O2. The lowest BCUT2D eigenvalue weighted by molar-refractivity contribution is -0.137. The van der Waals surface area contributed by atoms with Gasteiger partial charge in [0.2, 0.25) is 11.8 Å². The van der Waals surface area contributed by atoms with Crippen LogP contribution in [0.5, 0.6) is 0 Å². The van der Waals surface area contributed by atoms with E-state index < -0.39 is 6.04 Å². The molecule has 0 aliphatic heterocycles. The summed E-state index contributed by atoms with van der Waals surface area (Å²) in [6, 6.07) is 5.29. The third-order valence-electron chi connectivity index (χ3n) is 4.70. The van der Waals surface area contributed by atoms with Crippen molar-refractivity contribution in [2.24, 2.45) is 13.0 Å². The summed E-state index contributed by atoms with van der Waals surface area (Å²) >= 11 is 0. The molecule has 1 N–H and O–H groups in total. The molecule has 0 aliphatic carbocycles. The van der Waals surface area contributed by atoms with E-state index >= 15 is 0 Å². The van der Waals surface area contributed by atoms with Gasteiger partial charge in [0.15, 0.2) is 0 Å². The fourth-order valence-corrected chi connectivity index (χ4v) is 3.28. The van der Waals surface area contributed by atoms with Crippen molar-refractivity contribution in [3.8, 4) is 0 Å². The predicted octanol–water partition coefficient (Wildman–Crippen LogP) is 2.85. The van der Waals surface area contributed by atoms with Crippen molar-refractivity contribution in [2.75, 3.05) is 7.05 Å². The Hall–Kier alpha value is -2.70. The molecule has 0 radical (unpaired) electrons. The van der Waals surface area contributed by atoms with E-state index in [2.05, 4.69) is 10.3 Å². The van der Waals surface area contributed by atoms with Crippen LogP contribution < -0.4 is 5.32 Å². The molecule has 2 atom stereocenters. The lowest BCUT2D eigenvalue weighted by Gasteiger charge is -2.32. The number of aromatic nitrogens is 2. The first kappa shape index (κ1) is 21.6. The van der Waals surface area contributed by atoms with E-state index in [1.807, 2.05) is 31.7 Å². The van der Waals surface area contributed by atoms with Crippen LogP contribution in [-0.4, -0.2) is 39.4 Å². The largest absolute Gasteiger partial charge is 0.345 e. The van der Waals surface area contributed by atoms with Gasteiger partial charge in [-0.15, -0.1) is 0 Å². The number of nitrogens with zero attached hydrogens (tertiary/aromatic N) is 3. The molecule has 1 heterocycles. The summed E-state index contributed by atoms with van der Waals surface area (Å²) in [5.41, 5.74) is 0.897. The van der Waals surface area contributed by atoms with Gasteiger partial charge in [-0.1, -0.05) is 26.0 Å². The number of carbonyl (C=O) groups excluding carboxylic acids is 2. The second-order valence-electron chi connectivity index (χ2n) is 7.57. The van der Waals surface area contributed by atoms with Gasteiger partial charge in [0.05, 0.1) is 6.04 Å². The van der Waals surface area contributed by atoms with Crippen molar-refractivity contribution < 1.29 is 14.0 Å². The van der Waals surface area contributed by atoms with Crippen LogP contribution in [0.2, 0.25) is 0 Å². The first-order valence-corrected chi connectivity index (χ1v) is 9.44. The molecule has 28 heavy (non-hydrogen) atoms. The second-order valence-corrected chi connectivity index (χ2v) is 7.57. The SMILES string of the molecule is CC(=O)NC(CC(C)C)C(=O)N(C)C(Cc1ccc(F)cc1)c1nccn1C. The highest BCUT2D eigenvalue weighted by atomic mass is 19.1. The lowest BCUT2D eigenvalue weighted by Crippen LogP contribution is -2.49. The van der Waals surface area contributed by atoms with E-state index in [0.29, 0.717) is 12.8 Å². The minimum Gasteiger partial charge on any atom is -0.345 e. The van der Waals surface area contributed by atoms with Gasteiger partial charge in [-0.25, -0.2) is 9.37 Å². The van der Waals surface area contributed by atoms with Crippen molar-refractivity contribution >= 4 is 11.8 Å². The Balaban J connectivity index is 2.32. The summed E-state index contributed by atoms with van der Waals surface area (Å²) in [5, 5.41) is 2.77. The molecule has 2 amide bonds. The predicted molar refractivity (Wildman–Crippen MR) is 106 cm³/mol. The van der Waals surface area contributed by atoms with Crippen LogP contribution >= 0.6 is 0 Å². The van der Waals surface area contributed by atoms with E-state index in [9.17, 15) is 14.0 Å². The van der Waals surface area contributed by atoms with Gasteiger partial charge in [-0.05, 0) is 30.0 Å². The molecule has 1 aromatic heterocycles.